The number of carbonyl (C=O) groups excluding carboxylic acids is 1. The van der Waals surface area contributed by atoms with E-state index in [1.54, 1.807) is 13.3 Å². The number of likely N-dealkylation sites (tertiary alicyclic amines) is 1. The Hall–Kier alpha value is -2.63. The third-order valence-electron chi connectivity index (χ3n) is 4.56. The Balaban J connectivity index is 1.70. The summed E-state index contributed by atoms with van der Waals surface area (Å²) in [4.78, 5) is 23.0. The number of ether oxygens (including phenoxy) is 1. The van der Waals surface area contributed by atoms with Crippen LogP contribution in [-0.2, 0) is 0 Å². The normalized spacial score (nSPS) is 15.1. The highest BCUT2D eigenvalue weighted by Crippen LogP contribution is 2.27. The maximum absolute atomic E-state index is 12.5. The highest BCUT2D eigenvalue weighted by atomic mass is 16.5. The van der Waals surface area contributed by atoms with Crippen LogP contribution in [0.1, 0.15) is 35.8 Å². The minimum absolute atomic E-state index is 0.0425. The molecule has 1 aliphatic rings. The average Bonchev–Trinajstić information content (AvgIpc) is 2.63. The zero-order chi connectivity index (χ0) is 17.8. The lowest BCUT2D eigenvalue weighted by molar-refractivity contribution is 0.0691. The molecule has 0 spiro atoms. The predicted molar refractivity (Wildman–Crippen MR) is 97.3 cm³/mol. The first-order chi connectivity index (χ1) is 12.1. The van der Waals surface area contributed by atoms with Gasteiger partial charge in [0.15, 0.2) is 0 Å². The largest absolute Gasteiger partial charge is 0.495 e. The molecule has 1 N–H and O–H groups in total. The van der Waals surface area contributed by atoms with Crippen LogP contribution in [0.15, 0.2) is 30.6 Å². The first-order valence-electron chi connectivity index (χ1n) is 8.60. The van der Waals surface area contributed by atoms with Gasteiger partial charge in [-0.25, -0.2) is 9.97 Å². The van der Waals surface area contributed by atoms with Crippen molar-refractivity contribution >= 4 is 17.4 Å². The number of aryl methyl sites for hydroxylation is 1. The van der Waals surface area contributed by atoms with Gasteiger partial charge in [-0.1, -0.05) is 13.0 Å². The second-order valence-corrected chi connectivity index (χ2v) is 6.59. The molecule has 0 aliphatic carbocycles. The monoisotopic (exact) mass is 340 g/mol. The molecule has 1 aliphatic heterocycles. The van der Waals surface area contributed by atoms with E-state index >= 15 is 0 Å². The second kappa shape index (κ2) is 7.51. The van der Waals surface area contributed by atoms with Crippen LogP contribution in [0, 0.1) is 12.8 Å². The van der Waals surface area contributed by atoms with E-state index in [0.717, 1.165) is 42.9 Å². The minimum atomic E-state index is -0.0425. The van der Waals surface area contributed by atoms with Crippen molar-refractivity contribution in [3.05, 3.63) is 41.9 Å². The maximum Gasteiger partial charge on any atom is 0.274 e. The van der Waals surface area contributed by atoms with E-state index in [9.17, 15) is 4.79 Å². The summed E-state index contributed by atoms with van der Waals surface area (Å²) >= 11 is 0. The number of carbonyl (C=O) groups is 1. The molecule has 6 nitrogen and oxygen atoms in total. The number of piperidine rings is 1. The fraction of sp³-hybridized carbons (Fsp3) is 0.421. The molecular weight excluding hydrogens is 316 g/mol. The van der Waals surface area contributed by atoms with E-state index in [0.29, 0.717) is 17.4 Å². The number of aromatic nitrogens is 2. The fourth-order valence-corrected chi connectivity index (χ4v) is 2.93. The van der Waals surface area contributed by atoms with Gasteiger partial charge >= 0.3 is 0 Å². The molecule has 1 amide bonds. The van der Waals surface area contributed by atoms with Crippen molar-refractivity contribution in [1.82, 2.24) is 14.9 Å². The second-order valence-electron chi connectivity index (χ2n) is 6.59. The number of benzene rings is 1. The first-order valence-corrected chi connectivity index (χ1v) is 8.60. The Morgan fingerprint density at radius 1 is 1.24 bits per heavy atom. The van der Waals surface area contributed by atoms with Gasteiger partial charge in [0.2, 0.25) is 0 Å². The van der Waals surface area contributed by atoms with Gasteiger partial charge in [0, 0.05) is 13.1 Å². The molecule has 6 heteroatoms. The van der Waals surface area contributed by atoms with Crippen molar-refractivity contribution < 1.29 is 9.53 Å². The summed E-state index contributed by atoms with van der Waals surface area (Å²) in [6, 6.07) is 5.87. The van der Waals surface area contributed by atoms with Gasteiger partial charge in [-0.3, -0.25) is 4.79 Å². The summed E-state index contributed by atoms with van der Waals surface area (Å²) in [5, 5.41) is 3.19. The Kier molecular flexibility index (Phi) is 5.16. The van der Waals surface area contributed by atoms with Crippen LogP contribution < -0.4 is 10.1 Å². The highest BCUT2D eigenvalue weighted by Gasteiger charge is 2.22. The van der Waals surface area contributed by atoms with Crippen molar-refractivity contribution in [2.24, 2.45) is 5.92 Å². The molecule has 2 heterocycles. The SMILES string of the molecule is COc1ccc(C)cc1Nc1cnc(C(=O)N2CCC(C)CC2)cn1. The van der Waals surface area contributed by atoms with Crippen LogP contribution in [0.2, 0.25) is 0 Å². The van der Waals surface area contributed by atoms with E-state index in [2.05, 4.69) is 22.2 Å². The van der Waals surface area contributed by atoms with Gasteiger partial charge < -0.3 is 15.0 Å². The topological polar surface area (TPSA) is 67.3 Å². The Bertz CT molecular complexity index is 738. The summed E-state index contributed by atoms with van der Waals surface area (Å²) < 4.78 is 5.35. The zero-order valence-corrected chi connectivity index (χ0v) is 15.0. The van der Waals surface area contributed by atoms with Crippen molar-refractivity contribution in [2.45, 2.75) is 26.7 Å². The predicted octanol–water partition coefficient (Wildman–Crippen LogP) is 3.41. The molecule has 25 heavy (non-hydrogen) atoms. The molecule has 0 radical (unpaired) electrons. The van der Waals surface area contributed by atoms with E-state index in [4.69, 9.17) is 4.74 Å². The highest BCUT2D eigenvalue weighted by molar-refractivity contribution is 5.92. The van der Waals surface area contributed by atoms with E-state index in [1.165, 1.54) is 6.20 Å². The number of amides is 1. The number of nitrogens with one attached hydrogen (secondary N) is 1. The quantitative estimate of drug-likeness (QED) is 0.924. The van der Waals surface area contributed by atoms with Crippen LogP contribution >= 0.6 is 0 Å². The lowest BCUT2D eigenvalue weighted by Crippen LogP contribution is -2.38. The third kappa shape index (κ3) is 4.07. The Morgan fingerprint density at radius 2 is 2.00 bits per heavy atom. The molecule has 0 saturated carbocycles. The van der Waals surface area contributed by atoms with Gasteiger partial charge in [0.25, 0.3) is 5.91 Å². The van der Waals surface area contributed by atoms with Crippen molar-refractivity contribution in [3.8, 4) is 5.75 Å². The van der Waals surface area contributed by atoms with E-state index < -0.39 is 0 Å². The number of anilines is 2. The molecule has 132 valence electrons. The fourth-order valence-electron chi connectivity index (χ4n) is 2.93. The molecule has 1 saturated heterocycles. The van der Waals surface area contributed by atoms with E-state index in [1.807, 2.05) is 30.0 Å². The third-order valence-corrected chi connectivity index (χ3v) is 4.56. The summed E-state index contributed by atoms with van der Waals surface area (Å²) in [6.07, 6.45) is 5.21. The molecule has 1 aromatic heterocycles. The summed E-state index contributed by atoms with van der Waals surface area (Å²) in [7, 11) is 1.63. The van der Waals surface area contributed by atoms with Crippen LogP contribution in [0.3, 0.4) is 0 Å². The van der Waals surface area contributed by atoms with Gasteiger partial charge in [0.1, 0.15) is 17.3 Å². The molecule has 1 aromatic carbocycles. The molecule has 0 atom stereocenters. The number of methoxy groups -OCH3 is 1. The standard InChI is InChI=1S/C19H24N4O2/c1-13-6-8-23(9-7-13)19(24)16-11-21-18(12-20-16)22-15-10-14(2)4-5-17(15)25-3/h4-5,10-13H,6-9H2,1-3H3,(H,21,22). The lowest BCUT2D eigenvalue weighted by atomic mass is 9.99. The first kappa shape index (κ1) is 17.2. The summed E-state index contributed by atoms with van der Waals surface area (Å²) in [5.74, 6) is 1.95. The zero-order valence-electron chi connectivity index (χ0n) is 15.0. The van der Waals surface area contributed by atoms with E-state index in [-0.39, 0.29) is 5.91 Å². The maximum atomic E-state index is 12.5. The molecule has 0 unspecified atom stereocenters. The van der Waals surface area contributed by atoms with Gasteiger partial charge in [-0.2, -0.15) is 0 Å². The van der Waals surface area contributed by atoms with Crippen LogP contribution in [0.4, 0.5) is 11.5 Å². The van der Waals surface area contributed by atoms with Gasteiger partial charge in [0.05, 0.1) is 25.2 Å². The smallest absolute Gasteiger partial charge is 0.274 e. The summed E-state index contributed by atoms with van der Waals surface area (Å²) in [6.45, 7) is 5.82. The molecule has 0 bridgehead atoms. The van der Waals surface area contributed by atoms with Gasteiger partial charge in [-0.05, 0) is 43.4 Å². The molecular formula is C19H24N4O2. The molecule has 1 fully saturated rings. The number of hydrogen-bond acceptors (Lipinski definition) is 5. The number of rotatable bonds is 4. The summed E-state index contributed by atoms with van der Waals surface area (Å²) in [5.41, 5.74) is 2.32. The lowest BCUT2D eigenvalue weighted by Gasteiger charge is -2.29. The number of nitrogens with zero attached hydrogens (tertiary/aromatic N) is 3. The minimum Gasteiger partial charge on any atom is -0.495 e. The van der Waals surface area contributed by atoms with Crippen LogP contribution in [-0.4, -0.2) is 41.0 Å². The number of hydrogen-bond donors (Lipinski definition) is 1. The Labute approximate surface area is 148 Å². The van der Waals surface area contributed by atoms with Crippen molar-refractivity contribution in [3.63, 3.8) is 0 Å². The molecule has 2 aromatic rings. The van der Waals surface area contributed by atoms with Crippen molar-refractivity contribution in [1.29, 1.82) is 0 Å². The Morgan fingerprint density at radius 3 is 2.64 bits per heavy atom. The van der Waals surface area contributed by atoms with Crippen molar-refractivity contribution in [2.75, 3.05) is 25.5 Å². The van der Waals surface area contributed by atoms with Crippen LogP contribution in [0.5, 0.6) is 5.75 Å². The average molecular weight is 340 g/mol. The van der Waals surface area contributed by atoms with Gasteiger partial charge in [-0.15, -0.1) is 0 Å². The molecule has 3 rings (SSSR count). The van der Waals surface area contributed by atoms with Crippen LogP contribution in [0.25, 0.3) is 0 Å².